The predicted octanol–water partition coefficient (Wildman–Crippen LogP) is 4.26. The minimum atomic E-state index is 0.106. The molecule has 8 nitrogen and oxygen atoms in total. The summed E-state index contributed by atoms with van der Waals surface area (Å²) in [5.74, 6) is 2.72. The maximum Gasteiger partial charge on any atom is 0.225 e. The van der Waals surface area contributed by atoms with Gasteiger partial charge in [-0.15, -0.1) is 0 Å². The van der Waals surface area contributed by atoms with E-state index in [0.29, 0.717) is 17.7 Å². The highest BCUT2D eigenvalue weighted by Crippen LogP contribution is 2.39. The maximum absolute atomic E-state index is 4.60. The molecule has 1 atom stereocenters. The molecule has 3 aromatic heterocycles. The first kappa shape index (κ1) is 16.7. The van der Waals surface area contributed by atoms with E-state index in [2.05, 4.69) is 65.9 Å². The molecule has 142 valence electrons. The lowest BCUT2D eigenvalue weighted by atomic mass is 10.0. The van der Waals surface area contributed by atoms with E-state index in [4.69, 9.17) is 0 Å². The van der Waals surface area contributed by atoms with Crippen LogP contribution < -0.4 is 10.6 Å². The number of benzene rings is 1. The molecule has 1 aliphatic carbocycles. The van der Waals surface area contributed by atoms with E-state index in [1.807, 2.05) is 12.1 Å². The SMILES string of the molecule is CC[C@H](Nc1nccc(Nc2cc(C3CC3)[nH]n2)n1)c1ccc2nc[nH]c2c1. The van der Waals surface area contributed by atoms with Gasteiger partial charge in [-0.05, 0) is 43.0 Å². The average molecular weight is 374 g/mol. The van der Waals surface area contributed by atoms with Gasteiger partial charge in [0.25, 0.3) is 0 Å². The van der Waals surface area contributed by atoms with Gasteiger partial charge in [-0.3, -0.25) is 5.10 Å². The number of aromatic amines is 2. The second-order valence-corrected chi connectivity index (χ2v) is 7.16. The third kappa shape index (κ3) is 3.40. The molecule has 4 aromatic rings. The van der Waals surface area contributed by atoms with Crippen LogP contribution in [-0.4, -0.2) is 30.1 Å². The van der Waals surface area contributed by atoms with Crippen LogP contribution in [0.5, 0.6) is 0 Å². The summed E-state index contributed by atoms with van der Waals surface area (Å²) < 4.78 is 0. The van der Waals surface area contributed by atoms with E-state index in [0.717, 1.165) is 23.3 Å². The molecule has 1 aliphatic rings. The summed E-state index contributed by atoms with van der Waals surface area (Å²) >= 11 is 0. The minimum absolute atomic E-state index is 0.106. The first-order valence-corrected chi connectivity index (χ1v) is 9.63. The minimum Gasteiger partial charge on any atom is -0.347 e. The van der Waals surface area contributed by atoms with Crippen molar-refractivity contribution in [2.24, 2.45) is 0 Å². The molecular formula is C20H22N8. The Labute approximate surface area is 162 Å². The van der Waals surface area contributed by atoms with Crippen LogP contribution in [-0.2, 0) is 0 Å². The lowest BCUT2D eigenvalue weighted by Gasteiger charge is -2.17. The van der Waals surface area contributed by atoms with Crippen molar-refractivity contribution < 1.29 is 0 Å². The molecule has 5 rings (SSSR count). The normalized spacial score (nSPS) is 14.9. The number of fused-ring (bicyclic) bond motifs is 1. The van der Waals surface area contributed by atoms with Crippen LogP contribution in [0.15, 0.2) is 42.9 Å². The monoisotopic (exact) mass is 374 g/mol. The highest BCUT2D eigenvalue weighted by Gasteiger charge is 2.25. The van der Waals surface area contributed by atoms with Gasteiger partial charge in [-0.1, -0.05) is 13.0 Å². The first-order valence-electron chi connectivity index (χ1n) is 9.63. The van der Waals surface area contributed by atoms with Crippen molar-refractivity contribution in [3.05, 3.63) is 54.1 Å². The van der Waals surface area contributed by atoms with Gasteiger partial charge in [-0.25, -0.2) is 9.97 Å². The number of hydrogen-bond donors (Lipinski definition) is 4. The van der Waals surface area contributed by atoms with Crippen molar-refractivity contribution in [3.8, 4) is 0 Å². The van der Waals surface area contributed by atoms with E-state index < -0.39 is 0 Å². The quantitative estimate of drug-likeness (QED) is 0.385. The molecule has 8 heteroatoms. The van der Waals surface area contributed by atoms with Gasteiger partial charge >= 0.3 is 0 Å². The zero-order chi connectivity index (χ0) is 18.9. The zero-order valence-electron chi connectivity index (χ0n) is 15.6. The third-order valence-corrected chi connectivity index (χ3v) is 5.08. The Morgan fingerprint density at radius 1 is 1.14 bits per heavy atom. The van der Waals surface area contributed by atoms with Gasteiger partial charge in [0.15, 0.2) is 5.82 Å². The van der Waals surface area contributed by atoms with Crippen molar-refractivity contribution >= 4 is 28.6 Å². The lowest BCUT2D eigenvalue weighted by Crippen LogP contribution is -2.12. The molecule has 3 heterocycles. The zero-order valence-corrected chi connectivity index (χ0v) is 15.6. The third-order valence-electron chi connectivity index (χ3n) is 5.08. The van der Waals surface area contributed by atoms with Crippen molar-refractivity contribution in [1.29, 1.82) is 0 Å². The van der Waals surface area contributed by atoms with Gasteiger partial charge in [0.2, 0.25) is 5.95 Å². The number of nitrogens with one attached hydrogen (secondary N) is 4. The molecule has 0 amide bonds. The topological polar surface area (TPSA) is 107 Å². The van der Waals surface area contributed by atoms with E-state index in [1.54, 1.807) is 12.5 Å². The van der Waals surface area contributed by atoms with Gasteiger partial charge in [-0.2, -0.15) is 10.1 Å². The van der Waals surface area contributed by atoms with Crippen LogP contribution in [0.2, 0.25) is 0 Å². The molecule has 0 radical (unpaired) electrons. The summed E-state index contributed by atoms with van der Waals surface area (Å²) in [6.07, 6.45) is 6.85. The van der Waals surface area contributed by atoms with Gasteiger partial charge in [0.1, 0.15) is 5.82 Å². The predicted molar refractivity (Wildman–Crippen MR) is 109 cm³/mol. The molecule has 1 aromatic carbocycles. The molecule has 4 N–H and O–H groups in total. The van der Waals surface area contributed by atoms with Crippen LogP contribution in [0, 0.1) is 0 Å². The van der Waals surface area contributed by atoms with Crippen LogP contribution in [0.4, 0.5) is 17.6 Å². The fraction of sp³-hybridized carbons (Fsp3) is 0.300. The van der Waals surface area contributed by atoms with E-state index >= 15 is 0 Å². The summed E-state index contributed by atoms with van der Waals surface area (Å²) in [5, 5.41) is 14.1. The summed E-state index contributed by atoms with van der Waals surface area (Å²) in [7, 11) is 0. The molecular weight excluding hydrogens is 352 g/mol. The average Bonchev–Trinajstić information content (AvgIpc) is 3.28. The first-order chi connectivity index (χ1) is 13.8. The van der Waals surface area contributed by atoms with E-state index in [9.17, 15) is 0 Å². The summed E-state index contributed by atoms with van der Waals surface area (Å²) in [6.45, 7) is 2.14. The second-order valence-electron chi connectivity index (χ2n) is 7.16. The molecule has 0 aliphatic heterocycles. The van der Waals surface area contributed by atoms with E-state index in [-0.39, 0.29) is 6.04 Å². The molecule has 0 unspecified atom stereocenters. The number of nitrogens with zero attached hydrogens (tertiary/aromatic N) is 4. The number of rotatable bonds is 7. The van der Waals surface area contributed by atoms with Crippen molar-refractivity contribution in [2.45, 2.75) is 38.1 Å². The Bertz CT molecular complexity index is 1090. The number of hydrogen-bond acceptors (Lipinski definition) is 6. The van der Waals surface area contributed by atoms with Crippen LogP contribution in [0.25, 0.3) is 11.0 Å². The highest BCUT2D eigenvalue weighted by atomic mass is 15.2. The number of anilines is 3. The van der Waals surface area contributed by atoms with E-state index in [1.165, 1.54) is 24.1 Å². The molecule has 28 heavy (non-hydrogen) atoms. The van der Waals surface area contributed by atoms with Crippen LogP contribution in [0.1, 0.15) is 49.4 Å². The molecule has 0 bridgehead atoms. The van der Waals surface area contributed by atoms with Gasteiger partial charge in [0.05, 0.1) is 23.4 Å². The van der Waals surface area contributed by atoms with Gasteiger partial charge in [0, 0.05) is 23.9 Å². The molecule has 1 saturated carbocycles. The Hall–Kier alpha value is -3.42. The second kappa shape index (κ2) is 6.95. The highest BCUT2D eigenvalue weighted by molar-refractivity contribution is 5.75. The smallest absolute Gasteiger partial charge is 0.225 e. The van der Waals surface area contributed by atoms with Crippen molar-refractivity contribution in [2.75, 3.05) is 10.6 Å². The Morgan fingerprint density at radius 2 is 2.07 bits per heavy atom. The largest absolute Gasteiger partial charge is 0.347 e. The fourth-order valence-electron chi connectivity index (χ4n) is 3.38. The number of imidazole rings is 1. The number of H-pyrrole nitrogens is 2. The molecule has 0 spiro atoms. The summed E-state index contributed by atoms with van der Waals surface area (Å²) in [6, 6.07) is 10.2. The molecule has 1 fully saturated rings. The Kier molecular flexibility index (Phi) is 4.16. The summed E-state index contributed by atoms with van der Waals surface area (Å²) in [4.78, 5) is 16.4. The lowest BCUT2D eigenvalue weighted by molar-refractivity contribution is 0.739. The number of aromatic nitrogens is 6. The summed E-state index contributed by atoms with van der Waals surface area (Å²) in [5.41, 5.74) is 4.35. The fourth-order valence-corrected chi connectivity index (χ4v) is 3.38. The maximum atomic E-state index is 4.60. The van der Waals surface area contributed by atoms with Crippen LogP contribution in [0.3, 0.4) is 0 Å². The van der Waals surface area contributed by atoms with Crippen LogP contribution >= 0.6 is 0 Å². The van der Waals surface area contributed by atoms with Gasteiger partial charge < -0.3 is 15.6 Å². The Morgan fingerprint density at radius 3 is 2.93 bits per heavy atom. The standard InChI is InChI=1S/C20H22N8/c1-2-14(13-5-6-15-17(9-13)23-11-22-15)24-20-21-8-7-18(26-20)25-19-10-16(27-28-19)12-3-4-12/h5-12,14H,2-4H2,1H3,(H,22,23)(H3,21,24,25,26,27,28)/t14-/m0/s1. The Balaban J connectivity index is 1.32. The van der Waals surface area contributed by atoms with Crippen molar-refractivity contribution in [1.82, 2.24) is 30.1 Å². The molecule has 0 saturated heterocycles. The van der Waals surface area contributed by atoms with Crippen molar-refractivity contribution in [3.63, 3.8) is 0 Å².